The fraction of sp³-hybridized carbons (Fsp3) is 0.133. The second-order valence-electron chi connectivity index (χ2n) is 4.20. The second kappa shape index (κ2) is 4.42. The molecule has 0 aromatic heterocycles. The molecule has 0 spiro atoms. The third-order valence-electron chi connectivity index (χ3n) is 2.81. The summed E-state index contributed by atoms with van der Waals surface area (Å²) < 4.78 is 0. The molecule has 86 valence electrons. The molecule has 0 saturated carbocycles. The number of benzene rings is 2. The standard InChI is InChI=1S/C15H14O2/c1-10-6-7-11(2)14(8-10)12-4-3-5-13(9-12)15(16)17/h3-9H,1-2H3,(H,16,17). The van der Waals surface area contributed by atoms with Crippen LogP contribution in [0.4, 0.5) is 0 Å². The van der Waals surface area contributed by atoms with Gasteiger partial charge in [0, 0.05) is 0 Å². The van der Waals surface area contributed by atoms with E-state index in [1.807, 2.05) is 19.9 Å². The molecule has 17 heavy (non-hydrogen) atoms. The third-order valence-corrected chi connectivity index (χ3v) is 2.81. The highest BCUT2D eigenvalue weighted by Gasteiger charge is 2.06. The van der Waals surface area contributed by atoms with E-state index in [1.165, 1.54) is 5.56 Å². The van der Waals surface area contributed by atoms with Crippen molar-refractivity contribution in [3.63, 3.8) is 0 Å². The van der Waals surface area contributed by atoms with Crippen molar-refractivity contribution >= 4 is 5.97 Å². The fourth-order valence-electron chi connectivity index (χ4n) is 1.87. The normalized spacial score (nSPS) is 10.2. The number of carboxylic acids is 1. The van der Waals surface area contributed by atoms with Crippen LogP contribution in [0, 0.1) is 13.8 Å². The van der Waals surface area contributed by atoms with Crippen LogP contribution in [0.5, 0.6) is 0 Å². The molecule has 0 atom stereocenters. The minimum atomic E-state index is -0.892. The van der Waals surface area contributed by atoms with Crippen LogP contribution in [0.1, 0.15) is 21.5 Å². The molecule has 2 heteroatoms. The second-order valence-corrected chi connectivity index (χ2v) is 4.20. The molecular weight excluding hydrogens is 212 g/mol. The molecule has 0 heterocycles. The first kappa shape index (κ1) is 11.4. The summed E-state index contributed by atoms with van der Waals surface area (Å²) in [6, 6.07) is 13.2. The number of rotatable bonds is 2. The van der Waals surface area contributed by atoms with Gasteiger partial charge in [0.05, 0.1) is 5.56 Å². The van der Waals surface area contributed by atoms with Crippen molar-refractivity contribution in [3.8, 4) is 11.1 Å². The maximum Gasteiger partial charge on any atom is 0.335 e. The zero-order valence-electron chi connectivity index (χ0n) is 9.90. The van der Waals surface area contributed by atoms with Crippen molar-refractivity contribution in [3.05, 3.63) is 59.2 Å². The van der Waals surface area contributed by atoms with E-state index in [-0.39, 0.29) is 0 Å². The maximum absolute atomic E-state index is 10.9. The van der Waals surface area contributed by atoms with Crippen LogP contribution in [0.25, 0.3) is 11.1 Å². The van der Waals surface area contributed by atoms with E-state index in [0.717, 1.165) is 16.7 Å². The van der Waals surface area contributed by atoms with Crippen LogP contribution in [0.2, 0.25) is 0 Å². The van der Waals surface area contributed by atoms with E-state index in [2.05, 4.69) is 18.2 Å². The highest BCUT2D eigenvalue weighted by molar-refractivity contribution is 5.89. The molecular formula is C15H14O2. The molecule has 1 N–H and O–H groups in total. The van der Waals surface area contributed by atoms with Gasteiger partial charge in [-0.25, -0.2) is 4.79 Å². The zero-order chi connectivity index (χ0) is 12.4. The van der Waals surface area contributed by atoms with Crippen molar-refractivity contribution in [1.29, 1.82) is 0 Å². The van der Waals surface area contributed by atoms with Crippen molar-refractivity contribution in [2.24, 2.45) is 0 Å². The third kappa shape index (κ3) is 2.36. The quantitative estimate of drug-likeness (QED) is 0.848. The monoisotopic (exact) mass is 226 g/mol. The number of aryl methyl sites for hydroxylation is 2. The maximum atomic E-state index is 10.9. The van der Waals surface area contributed by atoms with Crippen LogP contribution in [-0.2, 0) is 0 Å². The predicted octanol–water partition coefficient (Wildman–Crippen LogP) is 3.67. The van der Waals surface area contributed by atoms with Gasteiger partial charge < -0.3 is 5.11 Å². The van der Waals surface area contributed by atoms with E-state index in [1.54, 1.807) is 18.2 Å². The Hall–Kier alpha value is -2.09. The van der Waals surface area contributed by atoms with Crippen LogP contribution in [0.15, 0.2) is 42.5 Å². The first-order chi connectivity index (χ1) is 8.08. The number of aromatic carboxylic acids is 1. The van der Waals surface area contributed by atoms with Crippen LogP contribution in [-0.4, -0.2) is 11.1 Å². The molecule has 0 aliphatic heterocycles. The van der Waals surface area contributed by atoms with Crippen molar-refractivity contribution in [2.45, 2.75) is 13.8 Å². The summed E-state index contributed by atoms with van der Waals surface area (Å²) in [7, 11) is 0. The summed E-state index contributed by atoms with van der Waals surface area (Å²) in [5.41, 5.74) is 4.69. The summed E-state index contributed by atoms with van der Waals surface area (Å²) in [6.07, 6.45) is 0. The molecule has 0 unspecified atom stereocenters. The topological polar surface area (TPSA) is 37.3 Å². The molecule has 0 radical (unpaired) electrons. The lowest BCUT2D eigenvalue weighted by Crippen LogP contribution is -1.96. The SMILES string of the molecule is Cc1ccc(C)c(-c2cccc(C(=O)O)c2)c1. The number of hydrogen-bond acceptors (Lipinski definition) is 1. The summed E-state index contributed by atoms with van der Waals surface area (Å²) in [5, 5.41) is 8.98. The number of carbonyl (C=O) groups is 1. The summed E-state index contributed by atoms with van der Waals surface area (Å²) in [5.74, 6) is -0.892. The first-order valence-electron chi connectivity index (χ1n) is 5.49. The minimum absolute atomic E-state index is 0.323. The Bertz CT molecular complexity index is 571. The average molecular weight is 226 g/mol. The molecule has 0 saturated heterocycles. The Morgan fingerprint density at radius 1 is 1.06 bits per heavy atom. The van der Waals surface area contributed by atoms with Gasteiger partial charge in [0.1, 0.15) is 0 Å². The van der Waals surface area contributed by atoms with E-state index in [0.29, 0.717) is 5.56 Å². The van der Waals surface area contributed by atoms with Crippen LogP contribution < -0.4 is 0 Å². The van der Waals surface area contributed by atoms with Crippen LogP contribution >= 0.6 is 0 Å². The predicted molar refractivity (Wildman–Crippen MR) is 68.3 cm³/mol. The van der Waals surface area contributed by atoms with Gasteiger partial charge in [-0.05, 0) is 42.7 Å². The van der Waals surface area contributed by atoms with Gasteiger partial charge in [-0.3, -0.25) is 0 Å². The fourth-order valence-corrected chi connectivity index (χ4v) is 1.87. The van der Waals surface area contributed by atoms with Gasteiger partial charge in [0.15, 0.2) is 0 Å². The molecule has 2 rings (SSSR count). The molecule has 2 aromatic carbocycles. The van der Waals surface area contributed by atoms with Crippen molar-refractivity contribution in [1.82, 2.24) is 0 Å². The minimum Gasteiger partial charge on any atom is -0.478 e. The van der Waals surface area contributed by atoms with Crippen molar-refractivity contribution < 1.29 is 9.90 Å². The molecule has 0 amide bonds. The number of hydrogen-bond donors (Lipinski definition) is 1. The Kier molecular flexibility index (Phi) is 2.96. The van der Waals surface area contributed by atoms with Gasteiger partial charge in [-0.15, -0.1) is 0 Å². The molecule has 2 nitrogen and oxygen atoms in total. The molecule has 0 bridgehead atoms. The van der Waals surface area contributed by atoms with Gasteiger partial charge in [-0.1, -0.05) is 35.9 Å². The Labute approximate surface area is 101 Å². The van der Waals surface area contributed by atoms with E-state index in [9.17, 15) is 4.79 Å². The highest BCUT2D eigenvalue weighted by atomic mass is 16.4. The molecule has 0 aliphatic carbocycles. The summed E-state index contributed by atoms with van der Waals surface area (Å²) in [6.45, 7) is 4.06. The lowest BCUT2D eigenvalue weighted by atomic mass is 9.97. The molecule has 0 aliphatic rings. The highest BCUT2D eigenvalue weighted by Crippen LogP contribution is 2.25. The van der Waals surface area contributed by atoms with E-state index < -0.39 is 5.97 Å². The molecule has 0 fully saturated rings. The number of carboxylic acid groups (broad SMARTS) is 1. The lowest BCUT2D eigenvalue weighted by molar-refractivity contribution is 0.0697. The Morgan fingerprint density at radius 3 is 2.53 bits per heavy atom. The largest absolute Gasteiger partial charge is 0.478 e. The average Bonchev–Trinajstić information content (AvgIpc) is 2.32. The van der Waals surface area contributed by atoms with Gasteiger partial charge in [0.2, 0.25) is 0 Å². The summed E-state index contributed by atoms with van der Waals surface area (Å²) >= 11 is 0. The Morgan fingerprint density at radius 2 is 1.82 bits per heavy atom. The first-order valence-corrected chi connectivity index (χ1v) is 5.49. The van der Waals surface area contributed by atoms with Gasteiger partial charge in [0.25, 0.3) is 0 Å². The van der Waals surface area contributed by atoms with Gasteiger partial charge >= 0.3 is 5.97 Å². The van der Waals surface area contributed by atoms with E-state index in [4.69, 9.17) is 5.11 Å². The molecule has 2 aromatic rings. The lowest BCUT2D eigenvalue weighted by Gasteiger charge is -2.08. The van der Waals surface area contributed by atoms with E-state index >= 15 is 0 Å². The Balaban J connectivity index is 2.56. The van der Waals surface area contributed by atoms with Crippen molar-refractivity contribution in [2.75, 3.05) is 0 Å². The zero-order valence-corrected chi connectivity index (χ0v) is 9.90. The summed E-state index contributed by atoms with van der Waals surface area (Å²) in [4.78, 5) is 10.9. The van der Waals surface area contributed by atoms with Crippen LogP contribution in [0.3, 0.4) is 0 Å². The smallest absolute Gasteiger partial charge is 0.335 e. The van der Waals surface area contributed by atoms with Gasteiger partial charge in [-0.2, -0.15) is 0 Å².